The van der Waals surface area contributed by atoms with E-state index in [1.165, 1.54) is 19.3 Å². The highest BCUT2D eigenvalue weighted by Gasteiger charge is 2.61. The van der Waals surface area contributed by atoms with Crippen LogP contribution >= 0.6 is 0 Å². The molecule has 0 aromatic rings. The van der Waals surface area contributed by atoms with Crippen LogP contribution in [-0.4, -0.2) is 0 Å². The molecule has 0 saturated heterocycles. The maximum absolute atomic E-state index is 2.55. The fraction of sp³-hybridized carbons (Fsp3) is 1.00. The van der Waals surface area contributed by atoms with Crippen molar-refractivity contribution in [2.45, 2.75) is 53.9 Å². The maximum atomic E-state index is 2.55. The van der Waals surface area contributed by atoms with Gasteiger partial charge in [0.25, 0.3) is 0 Å². The van der Waals surface area contributed by atoms with Crippen molar-refractivity contribution in [3.05, 3.63) is 0 Å². The Labute approximate surface area is 83.1 Å². The van der Waals surface area contributed by atoms with E-state index in [0.29, 0.717) is 10.8 Å². The Hall–Kier alpha value is 0. The van der Waals surface area contributed by atoms with Crippen LogP contribution in [0.4, 0.5) is 0 Å². The SMILES string of the molecule is CC(C)[C@@H]1C[C@@H]2CC[C@@]1(C)C2(C)C. The van der Waals surface area contributed by atoms with Crippen molar-refractivity contribution in [1.82, 2.24) is 0 Å². The first kappa shape index (κ1) is 9.55. The third-order valence-electron chi connectivity index (χ3n) is 5.67. The van der Waals surface area contributed by atoms with Crippen LogP contribution in [0.5, 0.6) is 0 Å². The molecule has 2 fully saturated rings. The molecule has 0 heteroatoms. The van der Waals surface area contributed by atoms with Crippen LogP contribution in [0.25, 0.3) is 0 Å². The van der Waals surface area contributed by atoms with Gasteiger partial charge in [-0.25, -0.2) is 0 Å². The van der Waals surface area contributed by atoms with Gasteiger partial charge in [0.05, 0.1) is 0 Å². The third-order valence-corrected chi connectivity index (χ3v) is 5.67. The average molecular weight is 180 g/mol. The summed E-state index contributed by atoms with van der Waals surface area (Å²) in [4.78, 5) is 0. The van der Waals surface area contributed by atoms with Crippen molar-refractivity contribution in [3.8, 4) is 0 Å². The van der Waals surface area contributed by atoms with Crippen molar-refractivity contribution in [2.24, 2.45) is 28.6 Å². The van der Waals surface area contributed by atoms with Gasteiger partial charge in [-0.15, -0.1) is 0 Å². The highest BCUT2D eigenvalue weighted by atomic mass is 14.7. The van der Waals surface area contributed by atoms with E-state index in [4.69, 9.17) is 0 Å². The van der Waals surface area contributed by atoms with E-state index in [1.807, 2.05) is 0 Å². The summed E-state index contributed by atoms with van der Waals surface area (Å²) in [6, 6.07) is 0. The van der Waals surface area contributed by atoms with E-state index in [2.05, 4.69) is 34.6 Å². The van der Waals surface area contributed by atoms with Crippen molar-refractivity contribution in [3.63, 3.8) is 0 Å². The standard InChI is InChI=1S/C13H24/c1-9(2)11-8-10-6-7-13(11,5)12(10,3)4/h9-11H,6-8H2,1-5H3/t10-,11-,13+/m0/s1. The molecule has 13 heavy (non-hydrogen) atoms. The normalized spacial score (nSPS) is 47.5. The van der Waals surface area contributed by atoms with Gasteiger partial charge in [-0.2, -0.15) is 0 Å². The van der Waals surface area contributed by atoms with Gasteiger partial charge in [-0.05, 0) is 47.8 Å². The smallest absolute Gasteiger partial charge is 0.0241 e. The van der Waals surface area contributed by atoms with E-state index in [9.17, 15) is 0 Å². The Bertz CT molecular complexity index is 214. The molecule has 0 aliphatic heterocycles. The number of hydrogen-bond donors (Lipinski definition) is 0. The molecular formula is C13H24. The zero-order valence-corrected chi connectivity index (χ0v) is 9.85. The zero-order chi connectivity index (χ0) is 9.85. The first-order chi connectivity index (χ1) is 5.89. The quantitative estimate of drug-likeness (QED) is 0.570. The highest BCUT2D eigenvalue weighted by Crippen LogP contribution is 2.69. The summed E-state index contributed by atoms with van der Waals surface area (Å²) in [5.74, 6) is 2.89. The van der Waals surface area contributed by atoms with Crippen molar-refractivity contribution in [1.29, 1.82) is 0 Å². The summed E-state index contributed by atoms with van der Waals surface area (Å²) in [5, 5.41) is 0. The van der Waals surface area contributed by atoms with Gasteiger partial charge in [0, 0.05) is 0 Å². The van der Waals surface area contributed by atoms with Crippen LogP contribution in [0.3, 0.4) is 0 Å². The van der Waals surface area contributed by atoms with E-state index < -0.39 is 0 Å². The van der Waals surface area contributed by atoms with Crippen molar-refractivity contribution in [2.75, 3.05) is 0 Å². The second kappa shape index (κ2) is 2.52. The molecule has 0 aromatic carbocycles. The zero-order valence-electron chi connectivity index (χ0n) is 9.85. The summed E-state index contributed by atoms with van der Waals surface area (Å²) >= 11 is 0. The first-order valence-corrected chi connectivity index (χ1v) is 5.89. The molecule has 0 unspecified atom stereocenters. The molecule has 0 aromatic heterocycles. The topological polar surface area (TPSA) is 0 Å². The molecule has 0 radical (unpaired) electrons. The molecule has 2 bridgehead atoms. The Morgan fingerprint density at radius 2 is 1.77 bits per heavy atom. The third kappa shape index (κ3) is 0.980. The van der Waals surface area contributed by atoms with E-state index >= 15 is 0 Å². The summed E-state index contributed by atoms with van der Waals surface area (Å²) in [6.45, 7) is 12.4. The van der Waals surface area contributed by atoms with Crippen molar-refractivity contribution < 1.29 is 0 Å². The summed E-state index contributed by atoms with van der Waals surface area (Å²) in [6.07, 6.45) is 4.47. The van der Waals surface area contributed by atoms with Crippen LogP contribution in [-0.2, 0) is 0 Å². The van der Waals surface area contributed by atoms with E-state index in [-0.39, 0.29) is 0 Å². The number of rotatable bonds is 1. The lowest BCUT2D eigenvalue weighted by Gasteiger charge is -2.41. The Morgan fingerprint density at radius 1 is 1.15 bits per heavy atom. The average Bonchev–Trinajstić information content (AvgIpc) is 2.34. The van der Waals surface area contributed by atoms with Gasteiger partial charge in [0.2, 0.25) is 0 Å². The van der Waals surface area contributed by atoms with Gasteiger partial charge in [-0.3, -0.25) is 0 Å². The Morgan fingerprint density at radius 3 is 2.00 bits per heavy atom. The molecule has 76 valence electrons. The largest absolute Gasteiger partial charge is 0.0625 e. The van der Waals surface area contributed by atoms with Crippen LogP contribution in [0.15, 0.2) is 0 Å². The summed E-state index contributed by atoms with van der Waals surface area (Å²) < 4.78 is 0. The summed E-state index contributed by atoms with van der Waals surface area (Å²) in [7, 11) is 0. The lowest BCUT2D eigenvalue weighted by molar-refractivity contribution is 0.0766. The molecule has 0 heterocycles. The van der Waals surface area contributed by atoms with Crippen molar-refractivity contribution >= 4 is 0 Å². The minimum Gasteiger partial charge on any atom is -0.0625 e. The molecule has 0 spiro atoms. The predicted octanol–water partition coefficient (Wildman–Crippen LogP) is 4.10. The second-order valence-corrected chi connectivity index (χ2v) is 6.46. The lowest BCUT2D eigenvalue weighted by Crippen LogP contribution is -2.34. The van der Waals surface area contributed by atoms with E-state index in [1.54, 1.807) is 0 Å². The fourth-order valence-electron chi connectivity index (χ4n) is 4.27. The van der Waals surface area contributed by atoms with Crippen LogP contribution in [0.1, 0.15) is 53.9 Å². The second-order valence-electron chi connectivity index (χ2n) is 6.46. The molecule has 3 atom stereocenters. The fourth-order valence-corrected chi connectivity index (χ4v) is 4.27. The monoisotopic (exact) mass is 180 g/mol. The van der Waals surface area contributed by atoms with Gasteiger partial charge < -0.3 is 0 Å². The highest BCUT2D eigenvalue weighted by molar-refractivity contribution is 5.10. The summed E-state index contributed by atoms with van der Waals surface area (Å²) in [5.41, 5.74) is 1.26. The van der Waals surface area contributed by atoms with Gasteiger partial charge in [0.1, 0.15) is 0 Å². The number of fused-ring (bicyclic) bond motifs is 2. The minimum absolute atomic E-state index is 0.613. The van der Waals surface area contributed by atoms with Gasteiger partial charge >= 0.3 is 0 Å². The Kier molecular flexibility index (Phi) is 1.85. The number of hydrogen-bond acceptors (Lipinski definition) is 0. The Balaban J connectivity index is 2.33. The molecule has 0 amide bonds. The van der Waals surface area contributed by atoms with E-state index in [0.717, 1.165) is 17.8 Å². The molecule has 2 rings (SSSR count). The molecule has 0 N–H and O–H groups in total. The van der Waals surface area contributed by atoms with Gasteiger partial charge in [0.15, 0.2) is 0 Å². The first-order valence-electron chi connectivity index (χ1n) is 5.89. The molecule has 0 nitrogen and oxygen atoms in total. The van der Waals surface area contributed by atoms with Crippen LogP contribution in [0.2, 0.25) is 0 Å². The van der Waals surface area contributed by atoms with Crippen LogP contribution < -0.4 is 0 Å². The molecule has 2 aliphatic rings. The minimum atomic E-state index is 0.613. The van der Waals surface area contributed by atoms with Gasteiger partial charge in [-0.1, -0.05) is 34.6 Å². The molecule has 2 aliphatic carbocycles. The predicted molar refractivity (Wildman–Crippen MR) is 57.6 cm³/mol. The molecule has 2 saturated carbocycles. The lowest BCUT2D eigenvalue weighted by atomic mass is 9.64. The maximum Gasteiger partial charge on any atom is -0.0241 e. The van der Waals surface area contributed by atoms with Crippen LogP contribution in [0, 0.1) is 28.6 Å². The molecular weight excluding hydrogens is 156 g/mol.